The van der Waals surface area contributed by atoms with Gasteiger partial charge < -0.3 is 4.74 Å². The van der Waals surface area contributed by atoms with Crippen LogP contribution in [0.1, 0.15) is 27.7 Å². The molecule has 0 saturated carbocycles. The average molecular weight is 400 g/mol. The van der Waals surface area contributed by atoms with Crippen LogP contribution in [0.15, 0.2) is 35.5 Å². The number of ether oxygens (including phenoxy) is 1. The second-order valence-corrected chi connectivity index (χ2v) is 7.40. The van der Waals surface area contributed by atoms with Crippen molar-refractivity contribution in [2.45, 2.75) is 17.0 Å². The molecule has 0 unspecified atom stereocenters. The summed E-state index contributed by atoms with van der Waals surface area (Å²) in [6.45, 7) is 0. The molecule has 0 saturated heterocycles. The van der Waals surface area contributed by atoms with Gasteiger partial charge in [0.05, 0.1) is 22.2 Å². The monoisotopic (exact) mass is 400 g/mol. The first-order valence-electron chi connectivity index (χ1n) is 7.18. The van der Waals surface area contributed by atoms with E-state index in [0.29, 0.717) is 6.07 Å². The predicted molar refractivity (Wildman–Crippen MR) is 81.8 cm³/mol. The number of pyridine rings is 1. The number of ketones is 1. The van der Waals surface area contributed by atoms with Crippen molar-refractivity contribution >= 4 is 15.6 Å². The summed E-state index contributed by atoms with van der Waals surface area (Å²) in [5.74, 6) is -7.31. The second kappa shape index (κ2) is 6.31. The zero-order valence-electron chi connectivity index (χ0n) is 13.1. The molecule has 0 fully saturated rings. The van der Waals surface area contributed by atoms with Crippen LogP contribution in [0.3, 0.4) is 0 Å². The van der Waals surface area contributed by atoms with Gasteiger partial charge in [-0.2, -0.15) is 14.0 Å². The molecule has 0 N–H and O–H groups in total. The van der Waals surface area contributed by atoms with E-state index < -0.39 is 55.5 Å². The van der Waals surface area contributed by atoms with Crippen molar-refractivity contribution in [3.05, 3.63) is 47.3 Å². The molecule has 1 aliphatic rings. The van der Waals surface area contributed by atoms with Gasteiger partial charge in [-0.1, -0.05) is 0 Å². The molecule has 1 heterocycles. The molecule has 2 aromatic rings. The Labute approximate surface area is 149 Å². The highest BCUT2D eigenvalue weighted by atomic mass is 32.2. The lowest BCUT2D eigenvalue weighted by Gasteiger charge is -2.14. The average Bonchev–Trinajstić information content (AvgIpc) is 2.83. The van der Waals surface area contributed by atoms with Crippen LogP contribution < -0.4 is 4.74 Å². The lowest BCUT2D eigenvalue weighted by Crippen LogP contribution is -2.27. The van der Waals surface area contributed by atoms with Gasteiger partial charge in [0, 0.05) is 17.8 Å². The summed E-state index contributed by atoms with van der Waals surface area (Å²) in [4.78, 5) is 14.6. The van der Waals surface area contributed by atoms with Gasteiger partial charge in [-0.3, -0.25) is 9.78 Å². The summed E-state index contributed by atoms with van der Waals surface area (Å²) < 4.78 is 83.8. The van der Waals surface area contributed by atoms with Crippen LogP contribution in [0.4, 0.5) is 17.6 Å². The summed E-state index contributed by atoms with van der Waals surface area (Å²) in [7, 11) is -4.73. The fraction of sp³-hybridized carbons (Fsp3) is 0.188. The molecular weight excluding hydrogens is 392 g/mol. The SMILES string of the molecule is N#Cc1cncc(Oc2ccc(S(=O)(=O)CF)c3c2[C@@H](F)C(F)(F)C3=O)c1. The van der Waals surface area contributed by atoms with Crippen molar-refractivity contribution in [2.24, 2.45) is 0 Å². The highest BCUT2D eigenvalue weighted by molar-refractivity contribution is 7.91. The molecule has 0 radical (unpaired) electrons. The summed E-state index contributed by atoms with van der Waals surface area (Å²) in [6.07, 6.45) is -0.900. The minimum Gasteiger partial charge on any atom is -0.455 e. The van der Waals surface area contributed by atoms with E-state index in [9.17, 15) is 30.8 Å². The van der Waals surface area contributed by atoms with Crippen molar-refractivity contribution in [1.82, 2.24) is 4.98 Å². The van der Waals surface area contributed by atoms with Gasteiger partial charge in [-0.25, -0.2) is 17.2 Å². The number of hydrogen-bond donors (Lipinski definition) is 0. The molecule has 0 aliphatic heterocycles. The quantitative estimate of drug-likeness (QED) is 0.731. The topological polar surface area (TPSA) is 97.1 Å². The number of carbonyl (C=O) groups excluding carboxylic acids is 1. The molecular formula is C16H8F4N2O4S. The summed E-state index contributed by atoms with van der Waals surface area (Å²) >= 11 is 0. The van der Waals surface area contributed by atoms with E-state index in [1.807, 2.05) is 0 Å². The highest BCUT2D eigenvalue weighted by Gasteiger charge is 2.59. The zero-order chi connectivity index (χ0) is 20.0. The summed E-state index contributed by atoms with van der Waals surface area (Å²) in [5, 5.41) is 8.83. The molecule has 11 heteroatoms. The van der Waals surface area contributed by atoms with Crippen LogP contribution in [0.25, 0.3) is 0 Å². The van der Waals surface area contributed by atoms with Crippen LogP contribution >= 0.6 is 0 Å². The number of fused-ring (bicyclic) bond motifs is 1. The number of hydrogen-bond acceptors (Lipinski definition) is 6. The van der Waals surface area contributed by atoms with Crippen LogP contribution in [-0.4, -0.2) is 31.1 Å². The van der Waals surface area contributed by atoms with E-state index in [0.717, 1.165) is 12.3 Å². The summed E-state index contributed by atoms with van der Waals surface area (Å²) in [6, 6.07) is 2.51. The number of aromatic nitrogens is 1. The van der Waals surface area contributed by atoms with Crippen LogP contribution in [-0.2, 0) is 9.84 Å². The lowest BCUT2D eigenvalue weighted by atomic mass is 10.1. The minimum atomic E-state index is -4.73. The number of rotatable bonds is 4. The van der Waals surface area contributed by atoms with Crippen molar-refractivity contribution in [1.29, 1.82) is 5.26 Å². The molecule has 0 spiro atoms. The molecule has 0 amide bonds. The third-order valence-electron chi connectivity index (χ3n) is 3.82. The number of carbonyl (C=O) groups is 1. The molecule has 1 aromatic heterocycles. The van der Waals surface area contributed by atoms with E-state index in [-0.39, 0.29) is 11.3 Å². The Bertz CT molecular complexity index is 1100. The first-order valence-corrected chi connectivity index (χ1v) is 8.84. The maximum Gasteiger partial charge on any atom is 0.344 e. The van der Waals surface area contributed by atoms with Gasteiger partial charge in [-0.05, 0) is 12.1 Å². The van der Waals surface area contributed by atoms with Gasteiger partial charge >= 0.3 is 5.92 Å². The van der Waals surface area contributed by atoms with Gasteiger partial charge in [-0.15, -0.1) is 0 Å². The Morgan fingerprint density at radius 1 is 1.30 bits per heavy atom. The van der Waals surface area contributed by atoms with Crippen LogP contribution in [0.2, 0.25) is 0 Å². The van der Waals surface area contributed by atoms with Crippen LogP contribution in [0, 0.1) is 11.3 Å². The van der Waals surface area contributed by atoms with Crippen molar-refractivity contribution in [3.8, 4) is 17.6 Å². The lowest BCUT2D eigenvalue weighted by molar-refractivity contribution is -0.0368. The molecule has 6 nitrogen and oxygen atoms in total. The molecule has 1 aliphatic carbocycles. The second-order valence-electron chi connectivity index (χ2n) is 5.51. The third-order valence-corrected chi connectivity index (χ3v) is 5.12. The highest BCUT2D eigenvalue weighted by Crippen LogP contribution is 2.51. The van der Waals surface area contributed by atoms with E-state index in [2.05, 4.69) is 4.98 Å². The number of alkyl halides is 4. The number of nitriles is 1. The van der Waals surface area contributed by atoms with Gasteiger partial charge in [0.1, 0.15) is 17.6 Å². The van der Waals surface area contributed by atoms with Crippen molar-refractivity contribution in [2.75, 3.05) is 6.01 Å². The fourth-order valence-corrected chi connectivity index (χ4v) is 3.51. The van der Waals surface area contributed by atoms with E-state index in [1.165, 1.54) is 12.3 Å². The molecule has 1 atom stereocenters. The smallest absolute Gasteiger partial charge is 0.344 e. The maximum atomic E-state index is 14.3. The largest absolute Gasteiger partial charge is 0.455 e. The molecule has 27 heavy (non-hydrogen) atoms. The standard InChI is InChI=1S/C16H8F4N2O4S/c17-7-27(24,25)11-2-1-10(26-9-3-8(4-21)5-22-6-9)12-13(11)15(23)16(19,20)14(12)18/h1-3,5-6,14H,7H2/t14-/m1/s1. The van der Waals surface area contributed by atoms with Gasteiger partial charge in [0.2, 0.25) is 21.8 Å². The number of nitrogens with zero attached hydrogens (tertiary/aromatic N) is 2. The van der Waals surface area contributed by atoms with Gasteiger partial charge in [0.25, 0.3) is 0 Å². The third kappa shape index (κ3) is 2.91. The normalized spacial score (nSPS) is 18.0. The zero-order valence-corrected chi connectivity index (χ0v) is 13.9. The molecule has 1 aromatic carbocycles. The van der Waals surface area contributed by atoms with Gasteiger partial charge in [0.15, 0.2) is 6.01 Å². The number of Topliss-reactive ketones (excluding diaryl/α,β-unsaturated/α-hetero) is 1. The van der Waals surface area contributed by atoms with E-state index in [1.54, 1.807) is 6.07 Å². The fourth-order valence-electron chi connectivity index (χ4n) is 2.60. The van der Waals surface area contributed by atoms with Crippen LogP contribution in [0.5, 0.6) is 11.5 Å². The number of halogens is 4. The Hall–Kier alpha value is -3.00. The number of benzene rings is 1. The Kier molecular flexibility index (Phi) is 4.39. The molecule has 0 bridgehead atoms. The van der Waals surface area contributed by atoms with Crippen molar-refractivity contribution in [3.63, 3.8) is 0 Å². The minimum absolute atomic E-state index is 0.0546. The summed E-state index contributed by atoms with van der Waals surface area (Å²) in [5.41, 5.74) is -2.09. The Morgan fingerprint density at radius 3 is 2.63 bits per heavy atom. The Balaban J connectivity index is 2.22. The molecule has 140 valence electrons. The Morgan fingerprint density at radius 2 is 2.00 bits per heavy atom. The predicted octanol–water partition coefficient (Wildman–Crippen LogP) is 3.29. The molecule has 3 rings (SSSR count). The van der Waals surface area contributed by atoms with E-state index >= 15 is 0 Å². The van der Waals surface area contributed by atoms with Crippen molar-refractivity contribution < 1.29 is 35.5 Å². The first-order chi connectivity index (χ1) is 12.6. The maximum absolute atomic E-state index is 14.3. The van der Waals surface area contributed by atoms with E-state index in [4.69, 9.17) is 10.00 Å². The number of sulfone groups is 1. The first kappa shape index (κ1) is 18.8.